The largest absolute Gasteiger partial charge is 0.490 e. The van der Waals surface area contributed by atoms with Gasteiger partial charge in [-0.05, 0) is 25.0 Å². The first kappa shape index (κ1) is 14.0. The molecule has 1 heterocycles. The number of nitrogens with one attached hydrogen (secondary N) is 1. The van der Waals surface area contributed by atoms with E-state index in [2.05, 4.69) is 5.32 Å². The van der Waals surface area contributed by atoms with Crippen LogP contribution in [0.5, 0.6) is 11.5 Å². The van der Waals surface area contributed by atoms with Crippen molar-refractivity contribution >= 4 is 5.69 Å². The first-order chi connectivity index (χ1) is 9.17. The summed E-state index contributed by atoms with van der Waals surface area (Å²) in [6.45, 7) is 5.92. The van der Waals surface area contributed by atoms with E-state index in [1.807, 2.05) is 32.0 Å². The number of anilines is 1. The molecule has 2 N–H and O–H groups in total. The molecule has 0 unspecified atom stereocenters. The number of ether oxygens (including phenoxy) is 2. The van der Waals surface area contributed by atoms with Crippen molar-refractivity contribution in [3.63, 3.8) is 0 Å². The van der Waals surface area contributed by atoms with Crippen molar-refractivity contribution in [2.75, 3.05) is 25.1 Å². The van der Waals surface area contributed by atoms with Crippen LogP contribution in [-0.4, -0.2) is 30.5 Å². The second-order valence-electron chi connectivity index (χ2n) is 5.00. The monoisotopic (exact) mass is 265 g/mol. The molecule has 0 atom stereocenters. The normalized spacial score (nSPS) is 14.9. The minimum atomic E-state index is -0.649. The Morgan fingerprint density at radius 1 is 1.16 bits per heavy atom. The molecule has 0 aliphatic carbocycles. The summed E-state index contributed by atoms with van der Waals surface area (Å²) in [6.07, 6.45) is 2.38. The summed E-state index contributed by atoms with van der Waals surface area (Å²) in [5.41, 5.74) is 0.300. The molecular formula is C15H23NO3. The van der Waals surface area contributed by atoms with Gasteiger partial charge in [-0.1, -0.05) is 13.8 Å². The number of benzene rings is 1. The lowest BCUT2D eigenvalue weighted by molar-refractivity contribution is 0.0457. The third-order valence-electron chi connectivity index (χ3n) is 3.69. The summed E-state index contributed by atoms with van der Waals surface area (Å²) in [5, 5.41) is 13.5. The van der Waals surface area contributed by atoms with Crippen molar-refractivity contribution < 1.29 is 14.6 Å². The molecule has 0 aromatic heterocycles. The molecule has 2 rings (SSSR count). The fourth-order valence-corrected chi connectivity index (χ4v) is 2.04. The van der Waals surface area contributed by atoms with Crippen LogP contribution in [0.4, 0.5) is 5.69 Å². The predicted octanol–water partition coefficient (Wildman–Crippen LogP) is 2.81. The van der Waals surface area contributed by atoms with Crippen LogP contribution in [0, 0.1) is 0 Å². The maximum atomic E-state index is 10.3. The average molecular weight is 265 g/mol. The van der Waals surface area contributed by atoms with Crippen molar-refractivity contribution in [3.8, 4) is 11.5 Å². The zero-order valence-corrected chi connectivity index (χ0v) is 11.7. The fourth-order valence-electron chi connectivity index (χ4n) is 2.04. The van der Waals surface area contributed by atoms with Gasteiger partial charge < -0.3 is 19.9 Å². The first-order valence-corrected chi connectivity index (χ1v) is 7.03. The van der Waals surface area contributed by atoms with Crippen molar-refractivity contribution in [1.29, 1.82) is 0 Å². The van der Waals surface area contributed by atoms with Gasteiger partial charge in [0.2, 0.25) is 0 Å². The molecule has 4 heteroatoms. The van der Waals surface area contributed by atoms with Crippen LogP contribution in [0.1, 0.15) is 33.1 Å². The number of aliphatic hydroxyl groups is 1. The molecule has 0 saturated heterocycles. The lowest BCUT2D eigenvalue weighted by Crippen LogP contribution is -2.35. The van der Waals surface area contributed by atoms with Gasteiger partial charge >= 0.3 is 0 Å². The molecule has 106 valence electrons. The van der Waals surface area contributed by atoms with Crippen LogP contribution in [0.3, 0.4) is 0 Å². The Balaban J connectivity index is 2.04. The number of hydrogen-bond donors (Lipinski definition) is 2. The van der Waals surface area contributed by atoms with Gasteiger partial charge in [-0.2, -0.15) is 0 Å². The van der Waals surface area contributed by atoms with Crippen molar-refractivity contribution in [1.82, 2.24) is 0 Å². The summed E-state index contributed by atoms with van der Waals surface area (Å²) in [5.74, 6) is 1.57. The molecule has 1 aromatic rings. The number of hydrogen-bond acceptors (Lipinski definition) is 4. The minimum absolute atomic E-state index is 0.541. The van der Waals surface area contributed by atoms with Gasteiger partial charge in [0.15, 0.2) is 11.5 Å². The van der Waals surface area contributed by atoms with Crippen molar-refractivity contribution in [2.24, 2.45) is 0 Å². The Labute approximate surface area is 114 Å². The van der Waals surface area contributed by atoms with Crippen molar-refractivity contribution in [3.05, 3.63) is 18.2 Å². The van der Waals surface area contributed by atoms with Crippen LogP contribution in [0.25, 0.3) is 0 Å². The highest BCUT2D eigenvalue weighted by Crippen LogP contribution is 2.32. The maximum Gasteiger partial charge on any atom is 0.163 e. The van der Waals surface area contributed by atoms with Crippen LogP contribution < -0.4 is 14.8 Å². The quantitative estimate of drug-likeness (QED) is 0.859. The molecule has 4 nitrogen and oxygen atoms in total. The molecule has 1 aromatic carbocycles. The van der Waals surface area contributed by atoms with Crippen LogP contribution in [0.2, 0.25) is 0 Å². The summed E-state index contributed by atoms with van der Waals surface area (Å²) in [7, 11) is 0. The highest BCUT2D eigenvalue weighted by Gasteiger charge is 2.21. The van der Waals surface area contributed by atoms with E-state index in [1.54, 1.807) is 0 Å². The van der Waals surface area contributed by atoms with Gasteiger partial charge in [0.25, 0.3) is 0 Å². The van der Waals surface area contributed by atoms with E-state index in [9.17, 15) is 5.11 Å². The topological polar surface area (TPSA) is 50.7 Å². The molecule has 0 saturated carbocycles. The molecular weight excluding hydrogens is 242 g/mol. The van der Waals surface area contributed by atoms with E-state index < -0.39 is 5.60 Å². The van der Waals surface area contributed by atoms with Gasteiger partial charge in [-0.15, -0.1) is 0 Å². The lowest BCUT2D eigenvalue weighted by Gasteiger charge is -2.26. The summed E-state index contributed by atoms with van der Waals surface area (Å²) in [6, 6.07) is 5.81. The molecule has 0 bridgehead atoms. The summed E-state index contributed by atoms with van der Waals surface area (Å²) < 4.78 is 11.2. The predicted molar refractivity (Wildman–Crippen MR) is 76.1 cm³/mol. The molecule has 0 spiro atoms. The second-order valence-corrected chi connectivity index (χ2v) is 5.00. The van der Waals surface area contributed by atoms with Crippen LogP contribution >= 0.6 is 0 Å². The highest BCUT2D eigenvalue weighted by atomic mass is 16.5. The van der Waals surface area contributed by atoms with Gasteiger partial charge in [0, 0.05) is 24.7 Å². The Bertz CT molecular complexity index is 416. The van der Waals surface area contributed by atoms with Crippen molar-refractivity contribution in [2.45, 2.75) is 38.7 Å². The molecule has 0 amide bonds. The van der Waals surface area contributed by atoms with Gasteiger partial charge in [-0.3, -0.25) is 0 Å². The van der Waals surface area contributed by atoms with Gasteiger partial charge in [0.05, 0.1) is 18.8 Å². The molecule has 1 aliphatic rings. The average Bonchev–Trinajstić information content (AvgIpc) is 2.69. The maximum absolute atomic E-state index is 10.3. The van der Waals surface area contributed by atoms with Crippen LogP contribution in [-0.2, 0) is 0 Å². The zero-order valence-electron chi connectivity index (χ0n) is 11.7. The Kier molecular flexibility index (Phi) is 4.53. The molecule has 1 aliphatic heterocycles. The number of rotatable bonds is 5. The summed E-state index contributed by atoms with van der Waals surface area (Å²) >= 11 is 0. The Morgan fingerprint density at radius 3 is 2.53 bits per heavy atom. The number of fused-ring (bicyclic) bond motifs is 1. The SMILES string of the molecule is CCC(O)(CC)CNc1ccc2c(c1)OCCCO2. The van der Waals surface area contributed by atoms with E-state index in [0.29, 0.717) is 19.8 Å². The summed E-state index contributed by atoms with van der Waals surface area (Å²) in [4.78, 5) is 0. The fraction of sp³-hybridized carbons (Fsp3) is 0.600. The lowest BCUT2D eigenvalue weighted by atomic mass is 9.97. The van der Waals surface area contributed by atoms with Gasteiger partial charge in [-0.25, -0.2) is 0 Å². The van der Waals surface area contributed by atoms with Gasteiger partial charge in [0.1, 0.15) is 0 Å². The van der Waals surface area contributed by atoms with E-state index in [-0.39, 0.29) is 0 Å². The van der Waals surface area contributed by atoms with E-state index in [0.717, 1.165) is 36.4 Å². The third kappa shape index (κ3) is 3.53. The molecule has 0 fully saturated rings. The van der Waals surface area contributed by atoms with Crippen LogP contribution in [0.15, 0.2) is 18.2 Å². The highest BCUT2D eigenvalue weighted by molar-refractivity contribution is 5.55. The van der Waals surface area contributed by atoms with E-state index in [1.165, 1.54) is 0 Å². The van der Waals surface area contributed by atoms with E-state index >= 15 is 0 Å². The zero-order chi connectivity index (χ0) is 13.7. The first-order valence-electron chi connectivity index (χ1n) is 7.03. The minimum Gasteiger partial charge on any atom is -0.490 e. The standard InChI is InChI=1S/C15H23NO3/c1-3-15(17,4-2)11-16-12-6-7-13-14(10-12)19-9-5-8-18-13/h6-7,10,16-17H,3-5,8-9,11H2,1-2H3. The van der Waals surface area contributed by atoms with E-state index in [4.69, 9.17) is 9.47 Å². The molecule has 19 heavy (non-hydrogen) atoms. The Morgan fingerprint density at radius 2 is 1.84 bits per heavy atom. The Hall–Kier alpha value is -1.42. The second kappa shape index (κ2) is 6.15. The third-order valence-corrected chi connectivity index (χ3v) is 3.69. The smallest absolute Gasteiger partial charge is 0.163 e. The molecule has 0 radical (unpaired) electrons.